The zero-order chi connectivity index (χ0) is 10.7. The van der Waals surface area contributed by atoms with E-state index in [0.717, 1.165) is 32.5 Å². The summed E-state index contributed by atoms with van der Waals surface area (Å²) in [6.45, 7) is 5.38. The summed E-state index contributed by atoms with van der Waals surface area (Å²) in [4.78, 5) is 14.0. The number of rotatable bonds is 2. The Hall–Kier alpha value is -0.610. The molecule has 2 fully saturated rings. The highest BCUT2D eigenvalue weighted by Gasteiger charge is 2.27. The largest absolute Gasteiger partial charge is 0.378 e. The van der Waals surface area contributed by atoms with E-state index in [9.17, 15) is 4.79 Å². The predicted molar refractivity (Wildman–Crippen MR) is 57.6 cm³/mol. The van der Waals surface area contributed by atoms with E-state index in [1.165, 1.54) is 0 Å². The smallest absolute Gasteiger partial charge is 0.224 e. The molecule has 2 unspecified atom stereocenters. The minimum absolute atomic E-state index is 0.221. The van der Waals surface area contributed by atoms with Crippen molar-refractivity contribution < 1.29 is 9.53 Å². The number of amides is 1. The molecule has 86 valence electrons. The summed E-state index contributed by atoms with van der Waals surface area (Å²) >= 11 is 0. The molecule has 4 nitrogen and oxygen atoms in total. The highest BCUT2D eigenvalue weighted by Crippen LogP contribution is 2.18. The first-order valence-electron chi connectivity index (χ1n) is 5.88. The van der Waals surface area contributed by atoms with Crippen LogP contribution in [-0.4, -0.2) is 49.2 Å². The lowest BCUT2D eigenvalue weighted by atomic mass is 10.1. The van der Waals surface area contributed by atoms with Crippen molar-refractivity contribution in [2.24, 2.45) is 0 Å². The fraction of sp³-hybridized carbons (Fsp3) is 0.909. The van der Waals surface area contributed by atoms with Gasteiger partial charge >= 0.3 is 0 Å². The Morgan fingerprint density at radius 3 is 3.07 bits per heavy atom. The van der Waals surface area contributed by atoms with Crippen molar-refractivity contribution >= 4 is 5.91 Å². The van der Waals surface area contributed by atoms with E-state index >= 15 is 0 Å². The van der Waals surface area contributed by atoms with Crippen molar-refractivity contribution in [3.8, 4) is 0 Å². The molecule has 2 atom stereocenters. The van der Waals surface area contributed by atoms with Crippen LogP contribution < -0.4 is 5.32 Å². The molecule has 0 radical (unpaired) electrons. The maximum atomic E-state index is 12.0. The topological polar surface area (TPSA) is 41.6 Å². The third-order valence-electron chi connectivity index (χ3n) is 3.29. The Bertz CT molecular complexity index is 227. The second-order valence-corrected chi connectivity index (χ2v) is 4.51. The van der Waals surface area contributed by atoms with Gasteiger partial charge in [0.15, 0.2) is 0 Å². The fourth-order valence-corrected chi connectivity index (χ4v) is 2.38. The highest BCUT2D eigenvalue weighted by atomic mass is 16.5. The molecule has 1 amide bonds. The lowest BCUT2D eigenvalue weighted by Gasteiger charge is -2.27. The molecular formula is C11H20N2O2. The van der Waals surface area contributed by atoms with Gasteiger partial charge in [0, 0.05) is 31.6 Å². The molecule has 15 heavy (non-hydrogen) atoms. The van der Waals surface area contributed by atoms with Crippen molar-refractivity contribution in [2.45, 2.75) is 38.3 Å². The summed E-state index contributed by atoms with van der Waals surface area (Å²) in [5.74, 6) is 0.281. The maximum Gasteiger partial charge on any atom is 0.224 e. The summed E-state index contributed by atoms with van der Waals surface area (Å²) in [6.07, 6.45) is 2.90. The van der Waals surface area contributed by atoms with Crippen LogP contribution in [0.3, 0.4) is 0 Å². The summed E-state index contributed by atoms with van der Waals surface area (Å²) in [5.41, 5.74) is 0. The van der Waals surface area contributed by atoms with Gasteiger partial charge in [-0.1, -0.05) is 0 Å². The fourth-order valence-electron chi connectivity index (χ4n) is 2.38. The summed E-state index contributed by atoms with van der Waals surface area (Å²) in [5, 5.41) is 3.32. The first kappa shape index (κ1) is 10.9. The Labute approximate surface area is 91.0 Å². The molecule has 0 aromatic heterocycles. The maximum absolute atomic E-state index is 12.0. The van der Waals surface area contributed by atoms with Gasteiger partial charge in [-0.05, 0) is 19.8 Å². The van der Waals surface area contributed by atoms with E-state index in [-0.39, 0.29) is 11.9 Å². The van der Waals surface area contributed by atoms with Crippen molar-refractivity contribution in [3.05, 3.63) is 0 Å². The molecule has 0 spiro atoms. The normalized spacial score (nSPS) is 31.9. The van der Waals surface area contributed by atoms with Gasteiger partial charge in [-0.15, -0.1) is 0 Å². The van der Waals surface area contributed by atoms with Crippen LogP contribution in [0, 0.1) is 0 Å². The summed E-state index contributed by atoms with van der Waals surface area (Å²) < 4.78 is 5.34. The summed E-state index contributed by atoms with van der Waals surface area (Å²) in [7, 11) is 0. The third kappa shape index (κ3) is 2.69. The van der Waals surface area contributed by atoms with Gasteiger partial charge < -0.3 is 15.0 Å². The number of ether oxygens (including phenoxy) is 1. The Balaban J connectivity index is 1.80. The lowest BCUT2D eigenvalue weighted by Crippen LogP contribution is -2.45. The van der Waals surface area contributed by atoms with Crippen molar-refractivity contribution in [1.29, 1.82) is 0 Å². The molecule has 2 saturated heterocycles. The minimum Gasteiger partial charge on any atom is -0.378 e. The third-order valence-corrected chi connectivity index (χ3v) is 3.29. The number of morpholine rings is 1. The quantitative estimate of drug-likeness (QED) is 0.719. The zero-order valence-corrected chi connectivity index (χ0v) is 9.37. The van der Waals surface area contributed by atoms with Crippen LogP contribution >= 0.6 is 0 Å². The molecule has 2 heterocycles. The number of carbonyl (C=O) groups excluding carboxylic acids is 1. The Kier molecular flexibility index (Phi) is 3.59. The van der Waals surface area contributed by atoms with E-state index in [0.29, 0.717) is 19.1 Å². The van der Waals surface area contributed by atoms with Gasteiger partial charge in [-0.2, -0.15) is 0 Å². The first-order valence-corrected chi connectivity index (χ1v) is 5.88. The molecule has 0 aromatic rings. The second-order valence-electron chi connectivity index (χ2n) is 4.51. The van der Waals surface area contributed by atoms with E-state index in [1.54, 1.807) is 0 Å². The molecule has 0 bridgehead atoms. The van der Waals surface area contributed by atoms with Crippen LogP contribution in [0.2, 0.25) is 0 Å². The molecule has 2 rings (SSSR count). The molecule has 4 heteroatoms. The van der Waals surface area contributed by atoms with E-state index in [1.807, 2.05) is 4.90 Å². The van der Waals surface area contributed by atoms with Crippen LogP contribution in [0.25, 0.3) is 0 Å². The van der Waals surface area contributed by atoms with Crippen molar-refractivity contribution in [3.63, 3.8) is 0 Å². The van der Waals surface area contributed by atoms with E-state index < -0.39 is 0 Å². The predicted octanol–water partition coefficient (Wildman–Crippen LogP) is 0.376. The average Bonchev–Trinajstić information content (AvgIpc) is 2.66. The monoisotopic (exact) mass is 212 g/mol. The van der Waals surface area contributed by atoms with Crippen LogP contribution in [-0.2, 0) is 9.53 Å². The molecular weight excluding hydrogens is 192 g/mol. The zero-order valence-electron chi connectivity index (χ0n) is 9.37. The van der Waals surface area contributed by atoms with Gasteiger partial charge in [0.2, 0.25) is 5.91 Å². The summed E-state index contributed by atoms with van der Waals surface area (Å²) in [6, 6.07) is 0.654. The second kappa shape index (κ2) is 4.94. The van der Waals surface area contributed by atoms with E-state index in [2.05, 4.69) is 12.2 Å². The number of nitrogens with zero attached hydrogens (tertiary/aromatic N) is 1. The van der Waals surface area contributed by atoms with Crippen LogP contribution in [0.15, 0.2) is 0 Å². The standard InChI is InChI=1S/C11H20N2O2/c1-9-3-2-5-13(9)11(14)7-10-8-15-6-4-12-10/h9-10,12H,2-8H2,1H3. The molecule has 2 aliphatic heterocycles. The number of hydrogen-bond acceptors (Lipinski definition) is 3. The number of carbonyl (C=O) groups is 1. The molecule has 0 saturated carbocycles. The first-order chi connectivity index (χ1) is 7.27. The Morgan fingerprint density at radius 2 is 2.47 bits per heavy atom. The lowest BCUT2D eigenvalue weighted by molar-refractivity contribution is -0.132. The van der Waals surface area contributed by atoms with Crippen molar-refractivity contribution in [1.82, 2.24) is 10.2 Å². The Morgan fingerprint density at radius 1 is 1.60 bits per heavy atom. The molecule has 0 aromatic carbocycles. The molecule has 0 aliphatic carbocycles. The van der Waals surface area contributed by atoms with Gasteiger partial charge in [0.25, 0.3) is 0 Å². The van der Waals surface area contributed by atoms with Gasteiger partial charge in [0.1, 0.15) is 0 Å². The number of hydrogen-bond donors (Lipinski definition) is 1. The average molecular weight is 212 g/mol. The van der Waals surface area contributed by atoms with Gasteiger partial charge in [-0.25, -0.2) is 0 Å². The van der Waals surface area contributed by atoms with Gasteiger partial charge in [-0.3, -0.25) is 4.79 Å². The minimum atomic E-state index is 0.221. The molecule has 2 aliphatic rings. The van der Waals surface area contributed by atoms with Crippen LogP contribution in [0.1, 0.15) is 26.2 Å². The van der Waals surface area contributed by atoms with Crippen LogP contribution in [0.4, 0.5) is 0 Å². The van der Waals surface area contributed by atoms with Gasteiger partial charge in [0.05, 0.1) is 13.2 Å². The SMILES string of the molecule is CC1CCCN1C(=O)CC1COCCN1. The van der Waals surface area contributed by atoms with Crippen molar-refractivity contribution in [2.75, 3.05) is 26.3 Å². The highest BCUT2D eigenvalue weighted by molar-refractivity contribution is 5.77. The molecule has 1 N–H and O–H groups in total. The van der Waals surface area contributed by atoms with Crippen LogP contribution in [0.5, 0.6) is 0 Å². The number of nitrogens with one attached hydrogen (secondary N) is 1. The number of likely N-dealkylation sites (tertiary alicyclic amines) is 1. The van der Waals surface area contributed by atoms with E-state index in [4.69, 9.17) is 4.74 Å².